The van der Waals surface area contributed by atoms with E-state index in [9.17, 15) is 0 Å². The fraction of sp³-hybridized carbons (Fsp3) is 0.556. The molecule has 0 amide bonds. The molecule has 0 aliphatic carbocycles. The predicted octanol–water partition coefficient (Wildman–Crippen LogP) is 1.42. The molecule has 3 nitrogen and oxygen atoms in total. The summed E-state index contributed by atoms with van der Waals surface area (Å²) in [5.41, 5.74) is 0.979. The lowest BCUT2D eigenvalue weighted by atomic mass is 10.1. The van der Waals surface area contributed by atoms with Crippen LogP contribution < -0.4 is 5.32 Å². The molecular weight excluding hydrogens is 186 g/mol. The number of nitrogens with zero attached hydrogens (tertiary/aromatic N) is 2. The quantitative estimate of drug-likeness (QED) is 0.780. The van der Waals surface area contributed by atoms with Gasteiger partial charge < -0.3 is 5.32 Å². The van der Waals surface area contributed by atoms with E-state index in [1.54, 1.807) is 6.20 Å². The Morgan fingerprint density at radius 1 is 1.62 bits per heavy atom. The van der Waals surface area contributed by atoms with Gasteiger partial charge in [0.2, 0.25) is 0 Å². The van der Waals surface area contributed by atoms with Crippen molar-refractivity contribution in [1.82, 2.24) is 15.5 Å². The van der Waals surface area contributed by atoms with E-state index in [1.807, 2.05) is 6.07 Å². The Morgan fingerprint density at radius 3 is 3.23 bits per heavy atom. The summed E-state index contributed by atoms with van der Waals surface area (Å²) in [7, 11) is 0. The molecule has 0 radical (unpaired) electrons. The second-order valence-electron chi connectivity index (χ2n) is 3.36. The zero-order chi connectivity index (χ0) is 9.10. The summed E-state index contributed by atoms with van der Waals surface area (Å²) in [6.07, 6.45) is 4.99. The second-order valence-corrected chi connectivity index (χ2v) is 3.80. The van der Waals surface area contributed by atoms with Crippen LogP contribution in [0.3, 0.4) is 0 Å². The van der Waals surface area contributed by atoms with Gasteiger partial charge in [0.1, 0.15) is 0 Å². The molecule has 0 aromatic carbocycles. The molecule has 1 unspecified atom stereocenters. The largest absolute Gasteiger partial charge is 0.314 e. The first-order valence-corrected chi connectivity index (χ1v) is 4.93. The van der Waals surface area contributed by atoms with Gasteiger partial charge in [0.05, 0.1) is 16.9 Å². The molecular formula is C9H12ClN3. The van der Waals surface area contributed by atoms with Gasteiger partial charge in [-0.1, -0.05) is 11.6 Å². The molecule has 1 N–H and O–H groups in total. The van der Waals surface area contributed by atoms with E-state index in [0.29, 0.717) is 11.1 Å². The van der Waals surface area contributed by atoms with Gasteiger partial charge in [-0.3, -0.25) is 0 Å². The minimum atomic E-state index is 0.563. The van der Waals surface area contributed by atoms with Crippen LogP contribution in [0, 0.1) is 0 Å². The van der Waals surface area contributed by atoms with Crippen molar-refractivity contribution in [2.24, 2.45) is 0 Å². The average molecular weight is 198 g/mol. The predicted molar refractivity (Wildman–Crippen MR) is 51.8 cm³/mol. The first-order valence-electron chi connectivity index (χ1n) is 4.55. The maximum Gasteiger partial charge on any atom is 0.0682 e. The number of halogens is 1. The molecule has 1 atom stereocenters. The van der Waals surface area contributed by atoms with Crippen molar-refractivity contribution in [2.75, 3.05) is 6.54 Å². The van der Waals surface area contributed by atoms with E-state index in [1.165, 1.54) is 12.8 Å². The fourth-order valence-electron chi connectivity index (χ4n) is 1.67. The van der Waals surface area contributed by atoms with Crippen LogP contribution >= 0.6 is 11.6 Å². The molecule has 1 saturated heterocycles. The highest BCUT2D eigenvalue weighted by atomic mass is 35.5. The lowest BCUT2D eigenvalue weighted by Crippen LogP contribution is -2.24. The number of hydrogen-bond acceptors (Lipinski definition) is 3. The van der Waals surface area contributed by atoms with Gasteiger partial charge in [0.25, 0.3) is 0 Å². The molecule has 0 saturated carbocycles. The van der Waals surface area contributed by atoms with Crippen LogP contribution in [0.2, 0.25) is 5.02 Å². The first-order chi connectivity index (χ1) is 6.34. The van der Waals surface area contributed by atoms with Gasteiger partial charge in [-0.2, -0.15) is 10.2 Å². The summed E-state index contributed by atoms with van der Waals surface area (Å²) >= 11 is 5.81. The van der Waals surface area contributed by atoms with Crippen LogP contribution in [0.1, 0.15) is 18.5 Å². The smallest absolute Gasteiger partial charge is 0.0682 e. The van der Waals surface area contributed by atoms with Crippen molar-refractivity contribution < 1.29 is 0 Å². The van der Waals surface area contributed by atoms with Crippen molar-refractivity contribution in [3.63, 3.8) is 0 Å². The van der Waals surface area contributed by atoms with Crippen LogP contribution in [-0.2, 0) is 6.42 Å². The van der Waals surface area contributed by atoms with Crippen LogP contribution in [0.5, 0.6) is 0 Å². The van der Waals surface area contributed by atoms with Crippen molar-refractivity contribution in [3.05, 3.63) is 23.0 Å². The summed E-state index contributed by atoms with van der Waals surface area (Å²) < 4.78 is 0. The molecule has 1 aromatic rings. The minimum Gasteiger partial charge on any atom is -0.314 e. The van der Waals surface area contributed by atoms with Crippen molar-refractivity contribution in [2.45, 2.75) is 25.3 Å². The number of rotatable bonds is 2. The van der Waals surface area contributed by atoms with Gasteiger partial charge in [0, 0.05) is 12.5 Å². The highest BCUT2D eigenvalue weighted by molar-refractivity contribution is 6.30. The molecule has 0 bridgehead atoms. The maximum absolute atomic E-state index is 5.81. The Hall–Kier alpha value is -0.670. The van der Waals surface area contributed by atoms with Crippen molar-refractivity contribution in [1.29, 1.82) is 0 Å². The van der Waals surface area contributed by atoms with Gasteiger partial charge in [-0.25, -0.2) is 0 Å². The van der Waals surface area contributed by atoms with Crippen LogP contribution in [0.25, 0.3) is 0 Å². The molecule has 13 heavy (non-hydrogen) atoms. The first kappa shape index (κ1) is 8.91. The zero-order valence-electron chi connectivity index (χ0n) is 7.33. The van der Waals surface area contributed by atoms with E-state index >= 15 is 0 Å². The Morgan fingerprint density at radius 2 is 2.54 bits per heavy atom. The van der Waals surface area contributed by atoms with Crippen LogP contribution in [0.15, 0.2) is 12.3 Å². The third kappa shape index (κ3) is 2.39. The number of aromatic nitrogens is 2. The molecule has 70 valence electrons. The summed E-state index contributed by atoms with van der Waals surface area (Å²) in [5.74, 6) is 0. The monoisotopic (exact) mass is 197 g/mol. The summed E-state index contributed by atoms with van der Waals surface area (Å²) in [5, 5.41) is 11.9. The van der Waals surface area contributed by atoms with Gasteiger partial charge in [-0.05, 0) is 25.5 Å². The van der Waals surface area contributed by atoms with Crippen molar-refractivity contribution in [3.8, 4) is 0 Å². The highest BCUT2D eigenvalue weighted by Gasteiger charge is 2.15. The molecule has 4 heteroatoms. The highest BCUT2D eigenvalue weighted by Crippen LogP contribution is 2.12. The Bertz CT molecular complexity index is 284. The summed E-state index contributed by atoms with van der Waals surface area (Å²) in [4.78, 5) is 0. The maximum atomic E-state index is 5.81. The average Bonchev–Trinajstić information content (AvgIpc) is 2.57. The molecule has 2 heterocycles. The van der Waals surface area contributed by atoms with E-state index < -0.39 is 0 Å². The SMILES string of the molecule is Clc1cnnc(CC2CCCN2)c1. The Labute approximate surface area is 82.5 Å². The standard InChI is InChI=1S/C9H12ClN3/c10-7-4-9(13-12-6-7)5-8-2-1-3-11-8/h4,6,8,11H,1-3,5H2. The Balaban J connectivity index is 2.00. The van der Waals surface area contributed by atoms with Crippen LogP contribution in [-0.4, -0.2) is 22.8 Å². The van der Waals surface area contributed by atoms with E-state index in [0.717, 1.165) is 18.7 Å². The normalized spacial score (nSPS) is 22.1. The fourth-order valence-corrected chi connectivity index (χ4v) is 1.84. The lowest BCUT2D eigenvalue weighted by molar-refractivity contribution is 0.590. The Kier molecular flexibility index (Phi) is 2.76. The van der Waals surface area contributed by atoms with Crippen molar-refractivity contribution >= 4 is 11.6 Å². The summed E-state index contributed by atoms with van der Waals surface area (Å²) in [6, 6.07) is 2.45. The van der Waals surface area contributed by atoms with E-state index in [4.69, 9.17) is 11.6 Å². The number of nitrogens with one attached hydrogen (secondary N) is 1. The van der Waals surface area contributed by atoms with Gasteiger partial charge in [-0.15, -0.1) is 0 Å². The molecule has 0 spiro atoms. The van der Waals surface area contributed by atoms with Crippen LogP contribution in [0.4, 0.5) is 0 Å². The molecule has 1 aromatic heterocycles. The second kappa shape index (κ2) is 4.03. The summed E-state index contributed by atoms with van der Waals surface area (Å²) in [6.45, 7) is 1.12. The van der Waals surface area contributed by atoms with E-state index in [2.05, 4.69) is 15.5 Å². The molecule has 1 fully saturated rings. The molecule has 1 aliphatic rings. The third-order valence-corrected chi connectivity index (χ3v) is 2.50. The molecule has 1 aliphatic heterocycles. The van der Waals surface area contributed by atoms with Gasteiger partial charge >= 0.3 is 0 Å². The van der Waals surface area contributed by atoms with E-state index in [-0.39, 0.29) is 0 Å². The molecule has 2 rings (SSSR count). The van der Waals surface area contributed by atoms with Gasteiger partial charge in [0.15, 0.2) is 0 Å². The minimum absolute atomic E-state index is 0.563. The topological polar surface area (TPSA) is 37.8 Å². The zero-order valence-corrected chi connectivity index (χ0v) is 8.09. The number of hydrogen-bond donors (Lipinski definition) is 1. The lowest BCUT2D eigenvalue weighted by Gasteiger charge is -2.07. The third-order valence-electron chi connectivity index (χ3n) is 2.29.